The minimum absolute atomic E-state index is 0.303. The molecule has 0 aliphatic heterocycles. The number of aliphatic imine (C=N–C) groups is 1. The highest BCUT2D eigenvalue weighted by Crippen LogP contribution is 2.20. The van der Waals surface area contributed by atoms with Gasteiger partial charge in [0.1, 0.15) is 5.57 Å². The number of carbonyl (C=O) groups excluding carboxylic acids is 1. The minimum atomic E-state index is -0.349. The third-order valence-corrected chi connectivity index (χ3v) is 3.48. The predicted octanol–water partition coefficient (Wildman–Crippen LogP) is 3.64. The van der Waals surface area contributed by atoms with Gasteiger partial charge in [-0.1, -0.05) is 49.6 Å². The van der Waals surface area contributed by atoms with Crippen LogP contribution in [0.4, 0.5) is 0 Å². The molecule has 0 spiro atoms. The number of hydrogen-bond acceptors (Lipinski definition) is 3. The molecule has 0 N–H and O–H groups in total. The lowest BCUT2D eigenvalue weighted by Crippen LogP contribution is -2.11. The molecule has 1 fully saturated rings. The molecule has 0 heterocycles. The third kappa shape index (κ3) is 4.07. The maximum absolute atomic E-state index is 12.0. The van der Waals surface area contributed by atoms with Gasteiger partial charge in [-0.15, -0.1) is 0 Å². The van der Waals surface area contributed by atoms with Crippen LogP contribution in [0.2, 0.25) is 0 Å². The van der Waals surface area contributed by atoms with E-state index < -0.39 is 0 Å². The second-order valence-corrected chi connectivity index (χ2v) is 4.99. The van der Waals surface area contributed by atoms with Gasteiger partial charge in [0, 0.05) is 0 Å². The summed E-state index contributed by atoms with van der Waals surface area (Å²) < 4.78 is 5.10. The van der Waals surface area contributed by atoms with Gasteiger partial charge in [-0.05, 0) is 31.2 Å². The van der Waals surface area contributed by atoms with Crippen LogP contribution in [-0.2, 0) is 9.53 Å². The van der Waals surface area contributed by atoms with E-state index in [0.717, 1.165) is 18.4 Å². The lowest BCUT2D eigenvalue weighted by Gasteiger charge is -2.16. The Bertz CT molecular complexity index is 495. The summed E-state index contributed by atoms with van der Waals surface area (Å²) >= 11 is 0. The number of benzene rings is 1. The number of esters is 1. The molecular formula is C17H21NO2. The smallest absolute Gasteiger partial charge is 0.348 e. The van der Waals surface area contributed by atoms with Crippen molar-refractivity contribution >= 4 is 17.4 Å². The van der Waals surface area contributed by atoms with Gasteiger partial charge in [-0.3, -0.25) is 0 Å². The second kappa shape index (κ2) is 7.66. The molecule has 3 heteroatoms. The van der Waals surface area contributed by atoms with Crippen molar-refractivity contribution in [3.63, 3.8) is 0 Å². The summed E-state index contributed by atoms with van der Waals surface area (Å²) in [5, 5.41) is 0. The van der Waals surface area contributed by atoms with Crippen LogP contribution in [-0.4, -0.2) is 24.5 Å². The molecule has 2 rings (SSSR count). The van der Waals surface area contributed by atoms with E-state index in [1.807, 2.05) is 30.3 Å². The summed E-state index contributed by atoms with van der Waals surface area (Å²) in [6.45, 7) is 2.17. The van der Waals surface area contributed by atoms with Gasteiger partial charge < -0.3 is 4.74 Å². The summed E-state index contributed by atoms with van der Waals surface area (Å²) in [6, 6.07) is 9.79. The van der Waals surface area contributed by atoms with Gasteiger partial charge in [0.25, 0.3) is 0 Å². The third-order valence-electron chi connectivity index (χ3n) is 3.48. The fourth-order valence-electron chi connectivity index (χ4n) is 2.40. The normalized spacial score (nSPS) is 15.2. The summed E-state index contributed by atoms with van der Waals surface area (Å²) in [4.78, 5) is 16.5. The van der Waals surface area contributed by atoms with E-state index >= 15 is 0 Å². The zero-order valence-corrected chi connectivity index (χ0v) is 12.0. The van der Waals surface area contributed by atoms with Crippen LogP contribution >= 0.6 is 0 Å². The largest absolute Gasteiger partial charge is 0.462 e. The van der Waals surface area contributed by atoms with E-state index in [2.05, 4.69) is 10.9 Å². The second-order valence-electron chi connectivity index (χ2n) is 4.99. The Kier molecular flexibility index (Phi) is 5.57. The number of rotatable bonds is 4. The monoisotopic (exact) mass is 271 g/mol. The summed E-state index contributed by atoms with van der Waals surface area (Å²) in [7, 11) is 0. The number of nitrogens with zero attached hydrogens (tertiary/aromatic N) is 1. The molecule has 1 aromatic rings. The SMILES string of the molecule is CCOC(=O)C(=C=NC1CCCCC1)c1ccccc1. The van der Waals surface area contributed by atoms with Gasteiger partial charge >= 0.3 is 5.97 Å². The lowest BCUT2D eigenvalue weighted by atomic mass is 9.96. The minimum Gasteiger partial charge on any atom is -0.462 e. The number of hydrogen-bond donors (Lipinski definition) is 0. The van der Waals surface area contributed by atoms with E-state index in [-0.39, 0.29) is 5.97 Å². The van der Waals surface area contributed by atoms with Crippen LogP contribution in [0.3, 0.4) is 0 Å². The zero-order chi connectivity index (χ0) is 14.2. The van der Waals surface area contributed by atoms with E-state index in [0.29, 0.717) is 18.2 Å². The van der Waals surface area contributed by atoms with Crippen LogP contribution in [0.25, 0.3) is 5.57 Å². The Morgan fingerprint density at radius 2 is 1.95 bits per heavy atom. The van der Waals surface area contributed by atoms with Crippen LogP contribution < -0.4 is 0 Å². The van der Waals surface area contributed by atoms with Crippen molar-refractivity contribution in [1.29, 1.82) is 0 Å². The molecule has 20 heavy (non-hydrogen) atoms. The topological polar surface area (TPSA) is 38.7 Å². The zero-order valence-electron chi connectivity index (χ0n) is 12.0. The highest BCUT2D eigenvalue weighted by Gasteiger charge is 2.14. The standard InChI is InChI=1S/C17H21NO2/c1-2-20-17(19)16(14-9-5-3-6-10-14)13-18-15-11-7-4-8-12-15/h3,5-6,9-10,15H,2,4,7-8,11-12H2,1H3. The molecule has 1 aliphatic carbocycles. The molecule has 1 aliphatic rings. The molecule has 0 unspecified atom stereocenters. The van der Waals surface area contributed by atoms with Crippen molar-refractivity contribution < 1.29 is 9.53 Å². The highest BCUT2D eigenvalue weighted by molar-refractivity contribution is 6.25. The molecule has 106 valence electrons. The Morgan fingerprint density at radius 3 is 2.60 bits per heavy atom. The maximum atomic E-state index is 12.0. The van der Waals surface area contributed by atoms with Crippen LogP contribution in [0.15, 0.2) is 35.3 Å². The van der Waals surface area contributed by atoms with Gasteiger partial charge in [-0.25, -0.2) is 9.79 Å². The molecule has 0 aromatic heterocycles. The Morgan fingerprint density at radius 1 is 1.25 bits per heavy atom. The molecule has 0 amide bonds. The quantitative estimate of drug-likeness (QED) is 0.476. The number of ether oxygens (including phenoxy) is 1. The van der Waals surface area contributed by atoms with Crippen LogP contribution in [0, 0.1) is 0 Å². The van der Waals surface area contributed by atoms with Gasteiger partial charge in [0.05, 0.1) is 12.6 Å². The molecule has 0 saturated heterocycles. The highest BCUT2D eigenvalue weighted by atomic mass is 16.5. The van der Waals surface area contributed by atoms with Gasteiger partial charge in [0.15, 0.2) is 0 Å². The summed E-state index contributed by atoms with van der Waals surface area (Å²) in [6.07, 6.45) is 5.92. The van der Waals surface area contributed by atoms with Crippen molar-refractivity contribution in [1.82, 2.24) is 0 Å². The van der Waals surface area contributed by atoms with Gasteiger partial charge in [-0.2, -0.15) is 0 Å². The van der Waals surface area contributed by atoms with Gasteiger partial charge in [0.2, 0.25) is 0 Å². The van der Waals surface area contributed by atoms with E-state index in [4.69, 9.17) is 4.74 Å². The van der Waals surface area contributed by atoms with Crippen molar-refractivity contribution in [2.45, 2.75) is 45.1 Å². The molecule has 0 bridgehead atoms. The molecule has 3 nitrogen and oxygen atoms in total. The van der Waals surface area contributed by atoms with E-state index in [1.165, 1.54) is 19.3 Å². The number of carbonyl (C=O) groups is 1. The first-order chi connectivity index (χ1) is 9.81. The predicted molar refractivity (Wildman–Crippen MR) is 80.8 cm³/mol. The fraction of sp³-hybridized carbons (Fsp3) is 0.471. The Labute approximate surface area is 120 Å². The fourth-order valence-corrected chi connectivity index (χ4v) is 2.40. The van der Waals surface area contributed by atoms with E-state index in [9.17, 15) is 4.79 Å². The van der Waals surface area contributed by atoms with Crippen LogP contribution in [0.1, 0.15) is 44.6 Å². The first-order valence-electron chi connectivity index (χ1n) is 7.36. The molecule has 0 atom stereocenters. The Hall–Kier alpha value is -1.86. The van der Waals surface area contributed by atoms with Crippen molar-refractivity contribution in [3.8, 4) is 0 Å². The Balaban J connectivity index is 2.25. The van der Waals surface area contributed by atoms with E-state index in [1.54, 1.807) is 6.92 Å². The summed E-state index contributed by atoms with van der Waals surface area (Å²) in [5.41, 5.74) is 1.24. The molecular weight excluding hydrogens is 250 g/mol. The maximum Gasteiger partial charge on any atom is 0.348 e. The molecule has 1 saturated carbocycles. The first-order valence-corrected chi connectivity index (χ1v) is 7.36. The first kappa shape index (κ1) is 14.5. The summed E-state index contributed by atoms with van der Waals surface area (Å²) in [5.74, 6) is 2.61. The van der Waals surface area contributed by atoms with Crippen LogP contribution in [0.5, 0.6) is 0 Å². The van der Waals surface area contributed by atoms with Crippen molar-refractivity contribution in [2.24, 2.45) is 4.99 Å². The molecule has 0 radical (unpaired) electrons. The average molecular weight is 271 g/mol. The average Bonchev–Trinajstić information content (AvgIpc) is 2.50. The lowest BCUT2D eigenvalue weighted by molar-refractivity contribution is -0.135. The van der Waals surface area contributed by atoms with Crippen molar-refractivity contribution in [2.75, 3.05) is 6.61 Å². The van der Waals surface area contributed by atoms with Crippen molar-refractivity contribution in [3.05, 3.63) is 35.9 Å². The molecule has 1 aromatic carbocycles.